The summed E-state index contributed by atoms with van der Waals surface area (Å²) in [5.74, 6) is 0.0792. The monoisotopic (exact) mass is 280 g/mol. The van der Waals surface area contributed by atoms with Crippen molar-refractivity contribution in [1.29, 1.82) is 0 Å². The smallest absolute Gasteiger partial charge is 0.247 e. The molecule has 21 heavy (non-hydrogen) atoms. The van der Waals surface area contributed by atoms with Gasteiger partial charge in [0.05, 0.1) is 6.04 Å². The van der Waals surface area contributed by atoms with Gasteiger partial charge in [0, 0.05) is 31.1 Å². The van der Waals surface area contributed by atoms with Crippen molar-refractivity contribution in [3.05, 3.63) is 65.5 Å². The van der Waals surface area contributed by atoms with E-state index >= 15 is 0 Å². The number of nitrogens with zero attached hydrogens (tertiary/aromatic N) is 2. The Kier molecular flexibility index (Phi) is 3.65. The molecule has 1 aromatic carbocycles. The first-order chi connectivity index (χ1) is 10.1. The Balaban J connectivity index is 1.73. The summed E-state index contributed by atoms with van der Waals surface area (Å²) in [6.45, 7) is 5.78. The fourth-order valence-electron chi connectivity index (χ4n) is 2.82. The minimum Gasteiger partial charge on any atom is -0.348 e. The van der Waals surface area contributed by atoms with Gasteiger partial charge in [-0.15, -0.1) is 0 Å². The number of benzene rings is 1. The van der Waals surface area contributed by atoms with Gasteiger partial charge in [-0.3, -0.25) is 4.79 Å². The van der Waals surface area contributed by atoms with Crippen molar-refractivity contribution in [2.45, 2.75) is 26.4 Å². The fourth-order valence-corrected chi connectivity index (χ4v) is 2.82. The lowest BCUT2D eigenvalue weighted by Gasteiger charge is -2.34. The molecule has 3 nitrogen and oxygen atoms in total. The van der Waals surface area contributed by atoms with Crippen molar-refractivity contribution < 1.29 is 4.79 Å². The Morgan fingerprint density at radius 1 is 1.19 bits per heavy atom. The fraction of sp³-hybridized carbons (Fsp3) is 0.278. The van der Waals surface area contributed by atoms with Crippen LogP contribution in [0.25, 0.3) is 6.08 Å². The normalized spacial score (nSPS) is 18.0. The molecule has 108 valence electrons. The third-order valence-corrected chi connectivity index (χ3v) is 4.12. The first kappa shape index (κ1) is 13.7. The molecule has 0 unspecified atom stereocenters. The number of carbonyl (C=O) groups is 1. The first-order valence-corrected chi connectivity index (χ1v) is 7.35. The number of aromatic nitrogens is 1. The van der Waals surface area contributed by atoms with E-state index in [4.69, 9.17) is 0 Å². The summed E-state index contributed by atoms with van der Waals surface area (Å²) in [5.41, 5.74) is 3.49. The van der Waals surface area contributed by atoms with Gasteiger partial charge in [-0.2, -0.15) is 0 Å². The molecule has 0 bridgehead atoms. The highest BCUT2D eigenvalue weighted by atomic mass is 16.2. The van der Waals surface area contributed by atoms with Crippen LogP contribution < -0.4 is 0 Å². The average Bonchev–Trinajstić information content (AvgIpc) is 2.96. The van der Waals surface area contributed by atoms with Gasteiger partial charge in [0.1, 0.15) is 0 Å². The van der Waals surface area contributed by atoms with Gasteiger partial charge in [0.25, 0.3) is 0 Å². The van der Waals surface area contributed by atoms with Gasteiger partial charge in [-0.1, -0.05) is 29.8 Å². The number of amides is 1. The van der Waals surface area contributed by atoms with Crippen LogP contribution in [0.1, 0.15) is 29.8 Å². The molecule has 0 saturated carbocycles. The number of carbonyl (C=O) groups excluding carboxylic acids is 1. The van der Waals surface area contributed by atoms with E-state index in [0.29, 0.717) is 0 Å². The van der Waals surface area contributed by atoms with E-state index in [2.05, 4.69) is 42.8 Å². The Hall–Kier alpha value is -2.29. The SMILES string of the molecule is Cc1ccc(/C=C/C(=O)N2CCn3cccc3[C@H]2C)cc1. The van der Waals surface area contributed by atoms with Crippen LogP contribution in [-0.2, 0) is 11.3 Å². The highest BCUT2D eigenvalue weighted by molar-refractivity contribution is 5.92. The summed E-state index contributed by atoms with van der Waals surface area (Å²) in [7, 11) is 0. The first-order valence-electron chi connectivity index (χ1n) is 7.35. The molecule has 0 radical (unpaired) electrons. The second kappa shape index (κ2) is 5.60. The molecule has 1 aromatic heterocycles. The van der Waals surface area contributed by atoms with E-state index in [-0.39, 0.29) is 11.9 Å². The highest BCUT2D eigenvalue weighted by Gasteiger charge is 2.25. The summed E-state index contributed by atoms with van der Waals surface area (Å²) in [5, 5.41) is 0. The largest absolute Gasteiger partial charge is 0.348 e. The lowest BCUT2D eigenvalue weighted by Crippen LogP contribution is -2.39. The molecule has 3 rings (SSSR count). The van der Waals surface area contributed by atoms with Crippen LogP contribution in [0.2, 0.25) is 0 Å². The minimum absolute atomic E-state index is 0.0792. The van der Waals surface area contributed by atoms with E-state index in [9.17, 15) is 4.79 Å². The Labute approximate surface area is 125 Å². The van der Waals surface area contributed by atoms with Gasteiger partial charge >= 0.3 is 0 Å². The van der Waals surface area contributed by atoms with Gasteiger partial charge in [-0.25, -0.2) is 0 Å². The lowest BCUT2D eigenvalue weighted by molar-refractivity contribution is -0.129. The van der Waals surface area contributed by atoms with Gasteiger partial charge < -0.3 is 9.47 Å². The van der Waals surface area contributed by atoms with Crippen molar-refractivity contribution >= 4 is 12.0 Å². The quantitative estimate of drug-likeness (QED) is 0.774. The molecule has 2 aromatic rings. The van der Waals surface area contributed by atoms with Crippen molar-refractivity contribution in [3.63, 3.8) is 0 Å². The van der Waals surface area contributed by atoms with Crippen LogP contribution in [0.3, 0.4) is 0 Å². The highest BCUT2D eigenvalue weighted by Crippen LogP contribution is 2.25. The van der Waals surface area contributed by atoms with Crippen molar-refractivity contribution in [2.24, 2.45) is 0 Å². The predicted molar refractivity (Wildman–Crippen MR) is 84.8 cm³/mol. The summed E-state index contributed by atoms with van der Waals surface area (Å²) in [6.07, 6.45) is 5.65. The third-order valence-electron chi connectivity index (χ3n) is 4.12. The molecule has 0 spiro atoms. The zero-order valence-corrected chi connectivity index (χ0v) is 12.5. The Morgan fingerprint density at radius 3 is 2.71 bits per heavy atom. The Bertz CT molecular complexity index is 667. The van der Waals surface area contributed by atoms with Crippen LogP contribution in [-0.4, -0.2) is 21.9 Å². The molecule has 2 heterocycles. The second-order valence-corrected chi connectivity index (χ2v) is 5.58. The average molecular weight is 280 g/mol. The summed E-state index contributed by atoms with van der Waals surface area (Å²) in [6, 6.07) is 12.4. The van der Waals surface area contributed by atoms with E-state index in [1.54, 1.807) is 6.08 Å². The number of fused-ring (bicyclic) bond motifs is 1. The predicted octanol–water partition coefficient (Wildman–Crippen LogP) is 3.41. The maximum atomic E-state index is 12.4. The van der Waals surface area contributed by atoms with E-state index in [1.807, 2.05) is 29.2 Å². The van der Waals surface area contributed by atoms with Gasteiger partial charge in [-0.05, 0) is 37.6 Å². The summed E-state index contributed by atoms with van der Waals surface area (Å²) >= 11 is 0. The minimum atomic E-state index is 0.0792. The second-order valence-electron chi connectivity index (χ2n) is 5.58. The van der Waals surface area contributed by atoms with Crippen LogP contribution in [0.15, 0.2) is 48.7 Å². The number of hydrogen-bond donors (Lipinski definition) is 0. The zero-order valence-electron chi connectivity index (χ0n) is 12.5. The molecule has 1 aliphatic rings. The van der Waals surface area contributed by atoms with Gasteiger partial charge in [0.15, 0.2) is 0 Å². The number of hydrogen-bond acceptors (Lipinski definition) is 1. The topological polar surface area (TPSA) is 25.2 Å². The number of rotatable bonds is 2. The van der Waals surface area contributed by atoms with Crippen molar-refractivity contribution in [2.75, 3.05) is 6.54 Å². The maximum Gasteiger partial charge on any atom is 0.247 e. The maximum absolute atomic E-state index is 12.4. The standard InChI is InChI=1S/C18H20N2O/c1-14-5-7-16(8-6-14)9-10-18(21)20-13-12-19-11-3-4-17(19)15(20)2/h3-11,15H,12-13H2,1-2H3/b10-9+/t15-/m1/s1. The Morgan fingerprint density at radius 2 is 1.95 bits per heavy atom. The van der Waals surface area contributed by atoms with Crippen LogP contribution >= 0.6 is 0 Å². The van der Waals surface area contributed by atoms with Crippen molar-refractivity contribution in [3.8, 4) is 0 Å². The molecular weight excluding hydrogens is 260 g/mol. The molecular formula is C18H20N2O. The van der Waals surface area contributed by atoms with E-state index in [1.165, 1.54) is 11.3 Å². The van der Waals surface area contributed by atoms with Crippen molar-refractivity contribution in [1.82, 2.24) is 9.47 Å². The molecule has 1 amide bonds. The van der Waals surface area contributed by atoms with Gasteiger partial charge in [0.2, 0.25) is 5.91 Å². The van der Waals surface area contributed by atoms with Crippen LogP contribution in [0.5, 0.6) is 0 Å². The summed E-state index contributed by atoms with van der Waals surface area (Å²) in [4.78, 5) is 14.3. The molecule has 0 aliphatic carbocycles. The molecule has 0 saturated heterocycles. The summed E-state index contributed by atoms with van der Waals surface area (Å²) < 4.78 is 2.22. The van der Waals surface area contributed by atoms with Crippen LogP contribution in [0.4, 0.5) is 0 Å². The lowest BCUT2D eigenvalue weighted by atomic mass is 10.1. The molecule has 0 fully saturated rings. The molecule has 1 atom stereocenters. The number of aryl methyl sites for hydroxylation is 1. The van der Waals surface area contributed by atoms with Crippen LogP contribution in [0, 0.1) is 6.92 Å². The van der Waals surface area contributed by atoms with E-state index < -0.39 is 0 Å². The third kappa shape index (κ3) is 2.77. The zero-order chi connectivity index (χ0) is 14.8. The molecule has 3 heteroatoms. The molecule has 1 aliphatic heterocycles. The van der Waals surface area contributed by atoms with E-state index in [0.717, 1.165) is 18.7 Å². The molecule has 0 N–H and O–H groups in total.